The van der Waals surface area contributed by atoms with Gasteiger partial charge in [-0.2, -0.15) is 0 Å². The summed E-state index contributed by atoms with van der Waals surface area (Å²) in [4.78, 5) is 6.71. The Kier molecular flexibility index (Phi) is 3.21. The minimum atomic E-state index is 0.372. The van der Waals surface area contributed by atoms with Crippen molar-refractivity contribution in [1.82, 2.24) is 4.98 Å². The van der Waals surface area contributed by atoms with Crippen LogP contribution < -0.4 is 4.90 Å². The van der Waals surface area contributed by atoms with Crippen LogP contribution in [0.3, 0.4) is 0 Å². The smallest absolute Gasteiger partial charge is 0.128 e. The number of aromatic nitrogens is 1. The number of hydrogen-bond acceptors (Lipinski definition) is 3. The van der Waals surface area contributed by atoms with Gasteiger partial charge in [0.2, 0.25) is 0 Å². The zero-order chi connectivity index (χ0) is 10.7. The average molecular weight is 206 g/mol. The topological polar surface area (TPSA) is 25.4 Å². The van der Waals surface area contributed by atoms with Gasteiger partial charge in [0, 0.05) is 26.4 Å². The van der Waals surface area contributed by atoms with E-state index < -0.39 is 0 Å². The van der Waals surface area contributed by atoms with Gasteiger partial charge in [0.15, 0.2) is 0 Å². The van der Waals surface area contributed by atoms with E-state index in [0.717, 1.165) is 31.7 Å². The number of hydrogen-bond donors (Lipinski definition) is 0. The highest BCUT2D eigenvalue weighted by atomic mass is 16.5. The highest BCUT2D eigenvalue weighted by Gasteiger charge is 2.22. The Morgan fingerprint density at radius 3 is 3.13 bits per heavy atom. The molecule has 1 aliphatic rings. The molecule has 0 bridgehead atoms. The minimum absolute atomic E-state index is 0.372. The van der Waals surface area contributed by atoms with Gasteiger partial charge in [0.25, 0.3) is 0 Å². The van der Waals surface area contributed by atoms with Gasteiger partial charge in [-0.05, 0) is 30.5 Å². The second-order valence-corrected chi connectivity index (χ2v) is 3.97. The van der Waals surface area contributed by atoms with E-state index in [2.05, 4.69) is 28.9 Å². The van der Waals surface area contributed by atoms with Crippen LogP contribution in [0, 0.1) is 0 Å². The Morgan fingerprint density at radius 1 is 1.60 bits per heavy atom. The monoisotopic (exact) mass is 206 g/mol. The molecule has 1 saturated heterocycles. The molecule has 82 valence electrons. The van der Waals surface area contributed by atoms with E-state index in [1.807, 2.05) is 6.20 Å². The maximum atomic E-state index is 5.35. The second kappa shape index (κ2) is 4.62. The SMILES string of the molecule is CCc1ccnc(N2CCC(OC)C2)c1. The van der Waals surface area contributed by atoms with Gasteiger partial charge in [-0.1, -0.05) is 6.92 Å². The third-order valence-corrected chi connectivity index (χ3v) is 3.02. The molecule has 1 aromatic heterocycles. The van der Waals surface area contributed by atoms with Crippen LogP contribution in [0.15, 0.2) is 18.3 Å². The first-order valence-corrected chi connectivity index (χ1v) is 5.56. The fraction of sp³-hybridized carbons (Fsp3) is 0.583. The summed E-state index contributed by atoms with van der Waals surface area (Å²) in [5.74, 6) is 1.09. The van der Waals surface area contributed by atoms with E-state index in [1.165, 1.54) is 5.56 Å². The molecule has 2 rings (SSSR count). The summed E-state index contributed by atoms with van der Waals surface area (Å²) in [5.41, 5.74) is 1.35. The predicted molar refractivity (Wildman–Crippen MR) is 61.2 cm³/mol. The Bertz CT molecular complexity index is 327. The Morgan fingerprint density at radius 2 is 2.47 bits per heavy atom. The lowest BCUT2D eigenvalue weighted by Gasteiger charge is -2.17. The maximum absolute atomic E-state index is 5.35. The molecule has 0 aromatic carbocycles. The highest BCUT2D eigenvalue weighted by Crippen LogP contribution is 2.20. The number of methoxy groups -OCH3 is 1. The summed E-state index contributed by atoms with van der Waals surface area (Å²) >= 11 is 0. The number of rotatable bonds is 3. The first kappa shape index (κ1) is 10.4. The Labute approximate surface area is 91.1 Å². The van der Waals surface area contributed by atoms with Crippen LogP contribution in [0.2, 0.25) is 0 Å². The summed E-state index contributed by atoms with van der Waals surface area (Å²) in [7, 11) is 1.78. The third-order valence-electron chi connectivity index (χ3n) is 3.02. The number of pyridine rings is 1. The van der Waals surface area contributed by atoms with Crippen LogP contribution in [0.5, 0.6) is 0 Å². The molecule has 1 fully saturated rings. The fourth-order valence-electron chi connectivity index (χ4n) is 1.98. The number of anilines is 1. The van der Waals surface area contributed by atoms with Crippen molar-refractivity contribution >= 4 is 5.82 Å². The number of ether oxygens (including phenoxy) is 1. The lowest BCUT2D eigenvalue weighted by Crippen LogP contribution is -2.23. The zero-order valence-electron chi connectivity index (χ0n) is 9.44. The predicted octanol–water partition coefficient (Wildman–Crippen LogP) is 1.87. The molecule has 1 unspecified atom stereocenters. The summed E-state index contributed by atoms with van der Waals surface area (Å²) in [6.07, 6.45) is 4.44. The van der Waals surface area contributed by atoms with Crippen LogP contribution in [0.25, 0.3) is 0 Å². The molecule has 0 aliphatic carbocycles. The van der Waals surface area contributed by atoms with Gasteiger partial charge in [-0.15, -0.1) is 0 Å². The molecule has 3 nitrogen and oxygen atoms in total. The van der Waals surface area contributed by atoms with Crippen LogP contribution in [-0.4, -0.2) is 31.3 Å². The van der Waals surface area contributed by atoms with E-state index in [-0.39, 0.29) is 0 Å². The molecule has 0 spiro atoms. The standard InChI is InChI=1S/C12H18N2O/c1-3-10-4-6-13-12(8-10)14-7-5-11(9-14)15-2/h4,6,8,11H,3,5,7,9H2,1-2H3. The lowest BCUT2D eigenvalue weighted by molar-refractivity contribution is 0.121. The normalized spacial score (nSPS) is 20.9. The van der Waals surface area contributed by atoms with Gasteiger partial charge in [-0.3, -0.25) is 0 Å². The molecule has 0 radical (unpaired) electrons. The van der Waals surface area contributed by atoms with Crippen molar-refractivity contribution in [2.75, 3.05) is 25.1 Å². The zero-order valence-corrected chi connectivity index (χ0v) is 9.44. The summed E-state index contributed by atoms with van der Waals surface area (Å²) < 4.78 is 5.35. The van der Waals surface area contributed by atoms with Crippen molar-refractivity contribution in [2.45, 2.75) is 25.9 Å². The van der Waals surface area contributed by atoms with E-state index in [9.17, 15) is 0 Å². The van der Waals surface area contributed by atoms with E-state index in [1.54, 1.807) is 7.11 Å². The highest BCUT2D eigenvalue weighted by molar-refractivity contribution is 5.42. The molecule has 1 atom stereocenters. The Balaban J connectivity index is 2.09. The molecular formula is C12H18N2O. The lowest BCUT2D eigenvalue weighted by atomic mass is 10.2. The van der Waals surface area contributed by atoms with Crippen molar-refractivity contribution < 1.29 is 4.74 Å². The van der Waals surface area contributed by atoms with E-state index in [4.69, 9.17) is 4.74 Å². The average Bonchev–Trinajstić information content (AvgIpc) is 2.78. The summed E-state index contributed by atoms with van der Waals surface area (Å²) in [5, 5.41) is 0. The third kappa shape index (κ3) is 2.29. The van der Waals surface area contributed by atoms with Crippen LogP contribution in [0.1, 0.15) is 18.9 Å². The first-order chi connectivity index (χ1) is 7.33. The minimum Gasteiger partial charge on any atom is -0.380 e. The molecule has 1 aromatic rings. The molecule has 15 heavy (non-hydrogen) atoms. The van der Waals surface area contributed by atoms with Crippen molar-refractivity contribution in [3.63, 3.8) is 0 Å². The first-order valence-electron chi connectivity index (χ1n) is 5.56. The molecule has 0 amide bonds. The van der Waals surface area contributed by atoms with Crippen LogP contribution >= 0.6 is 0 Å². The summed E-state index contributed by atoms with van der Waals surface area (Å²) in [6.45, 7) is 4.19. The van der Waals surface area contributed by atoms with Crippen molar-refractivity contribution in [3.05, 3.63) is 23.9 Å². The second-order valence-electron chi connectivity index (χ2n) is 3.97. The summed E-state index contributed by atoms with van der Waals surface area (Å²) in [6, 6.07) is 4.26. The number of nitrogens with zero attached hydrogens (tertiary/aromatic N) is 2. The molecular weight excluding hydrogens is 188 g/mol. The van der Waals surface area contributed by atoms with Gasteiger partial charge in [0.1, 0.15) is 5.82 Å². The number of aryl methyl sites for hydroxylation is 1. The Hall–Kier alpha value is -1.09. The van der Waals surface area contributed by atoms with Crippen LogP contribution in [0.4, 0.5) is 5.82 Å². The molecule has 3 heteroatoms. The van der Waals surface area contributed by atoms with E-state index >= 15 is 0 Å². The van der Waals surface area contributed by atoms with Gasteiger partial charge in [-0.25, -0.2) is 4.98 Å². The van der Waals surface area contributed by atoms with Crippen molar-refractivity contribution in [3.8, 4) is 0 Å². The van der Waals surface area contributed by atoms with Gasteiger partial charge in [0.05, 0.1) is 6.10 Å². The van der Waals surface area contributed by atoms with Crippen molar-refractivity contribution in [1.29, 1.82) is 0 Å². The molecule has 1 aliphatic heterocycles. The molecule has 2 heterocycles. The molecule has 0 saturated carbocycles. The largest absolute Gasteiger partial charge is 0.380 e. The molecule has 0 N–H and O–H groups in total. The fourth-order valence-corrected chi connectivity index (χ4v) is 1.98. The van der Waals surface area contributed by atoms with Crippen LogP contribution in [-0.2, 0) is 11.2 Å². The maximum Gasteiger partial charge on any atom is 0.128 e. The van der Waals surface area contributed by atoms with Gasteiger partial charge >= 0.3 is 0 Å². The quantitative estimate of drug-likeness (QED) is 0.755. The van der Waals surface area contributed by atoms with Gasteiger partial charge < -0.3 is 9.64 Å². The van der Waals surface area contributed by atoms with E-state index in [0.29, 0.717) is 6.10 Å². The van der Waals surface area contributed by atoms with Crippen molar-refractivity contribution in [2.24, 2.45) is 0 Å².